The van der Waals surface area contributed by atoms with Gasteiger partial charge in [-0.2, -0.15) is 0 Å². The zero-order valence-corrected chi connectivity index (χ0v) is 65.5. The first kappa shape index (κ1) is 97.2. The van der Waals surface area contributed by atoms with Crippen molar-refractivity contribution in [2.24, 2.45) is 47.3 Å². The third-order valence-electron chi connectivity index (χ3n) is 17.1. The van der Waals surface area contributed by atoms with E-state index in [1.165, 1.54) is 0 Å². The number of ether oxygens (including phenoxy) is 6. The van der Waals surface area contributed by atoms with Crippen LogP contribution in [0.2, 0.25) is 0 Å². The van der Waals surface area contributed by atoms with Crippen molar-refractivity contribution in [3.8, 4) is 0 Å². The third kappa shape index (κ3) is 54.5. The van der Waals surface area contributed by atoms with Crippen molar-refractivity contribution >= 4 is 70.3 Å². The van der Waals surface area contributed by atoms with E-state index in [-0.39, 0.29) is 78.6 Å². The average Bonchev–Trinajstić information content (AvgIpc) is 0.866. The molecule has 103 heavy (non-hydrogen) atoms. The van der Waals surface area contributed by atoms with Crippen molar-refractivity contribution in [3.05, 3.63) is 0 Å². The van der Waals surface area contributed by atoms with Crippen molar-refractivity contribution in [1.29, 1.82) is 0 Å². The summed E-state index contributed by atoms with van der Waals surface area (Å²) in [6.45, 7) is 20.0. The monoisotopic (exact) mass is 1470 g/mol. The minimum atomic E-state index is -1.38. The fourth-order valence-corrected chi connectivity index (χ4v) is 10.8. The molecule has 0 rings (SSSR count). The zero-order chi connectivity index (χ0) is 77.3. The van der Waals surface area contributed by atoms with Gasteiger partial charge >= 0.3 is 0 Å². The summed E-state index contributed by atoms with van der Waals surface area (Å²) in [5, 5.41) is 19.8. The first-order valence-electron chi connectivity index (χ1n) is 37.5. The molecule has 6 atom stereocenters. The predicted octanol–water partition coefficient (Wildman–Crippen LogP) is 2.67. The maximum Gasteiger partial charge on any atom is 0.224 e. The molecule has 0 spiro atoms. The summed E-state index contributed by atoms with van der Waals surface area (Å²) in [5.74, 6) is -13.7. The molecular weight excluding hydrogens is 1330 g/mol. The van der Waals surface area contributed by atoms with Crippen molar-refractivity contribution in [1.82, 2.24) is 56.8 Å². The second-order valence-electron chi connectivity index (χ2n) is 28.5. The Labute approximate surface area is 616 Å². The largest absolute Gasteiger partial charge is 0.382 e. The fourth-order valence-electron chi connectivity index (χ4n) is 10.8. The second-order valence-corrected chi connectivity index (χ2v) is 28.5. The number of nitrogens with zero attached hydrogens (tertiary/aromatic N) is 4. The lowest BCUT2D eigenvalue weighted by Gasteiger charge is -2.23. The molecule has 29 nitrogen and oxygen atoms in total. The number of Topliss-reactive ketones (excluding diaryl/α,β-unsaturated/α-hetero) is 5. The number of ketones is 5. The van der Waals surface area contributed by atoms with Crippen molar-refractivity contribution < 1.29 is 86.0 Å². The minimum absolute atomic E-state index is 0.0466. The number of methoxy groups -OCH3 is 2. The Morgan fingerprint density at radius 1 is 0.311 bits per heavy atom. The van der Waals surface area contributed by atoms with Crippen LogP contribution in [0.3, 0.4) is 0 Å². The van der Waals surface area contributed by atoms with Gasteiger partial charge in [0.1, 0.15) is 28.9 Å². The molecule has 7 amide bonds. The molecule has 0 aliphatic rings. The van der Waals surface area contributed by atoms with Gasteiger partial charge in [-0.15, -0.1) is 0 Å². The number of amides is 7. The van der Waals surface area contributed by atoms with Gasteiger partial charge in [-0.3, -0.25) is 57.5 Å². The molecule has 0 fully saturated rings. The van der Waals surface area contributed by atoms with Gasteiger partial charge in [0.2, 0.25) is 41.4 Å². The van der Waals surface area contributed by atoms with Gasteiger partial charge in [0.25, 0.3) is 0 Å². The number of rotatable bonds is 69. The lowest BCUT2D eigenvalue weighted by atomic mass is 9.82. The lowest BCUT2D eigenvalue weighted by Crippen LogP contribution is -2.41. The van der Waals surface area contributed by atoms with Gasteiger partial charge in [0.05, 0.1) is 83.8 Å². The normalized spacial score (nSPS) is 13.4. The molecule has 0 aliphatic carbocycles. The smallest absolute Gasteiger partial charge is 0.224 e. The first-order valence-corrected chi connectivity index (χ1v) is 37.5. The molecule has 0 saturated carbocycles. The van der Waals surface area contributed by atoms with E-state index in [2.05, 4.69) is 42.1 Å². The van der Waals surface area contributed by atoms with Crippen LogP contribution in [0.1, 0.15) is 151 Å². The van der Waals surface area contributed by atoms with E-state index in [0.29, 0.717) is 96.9 Å². The highest BCUT2D eigenvalue weighted by Crippen LogP contribution is 2.26. The van der Waals surface area contributed by atoms with Gasteiger partial charge in [-0.05, 0) is 86.2 Å². The minimum Gasteiger partial charge on any atom is -0.382 e. The molecule has 0 radical (unpaired) electrons. The second kappa shape index (κ2) is 61.4. The Balaban J connectivity index is 7.39. The highest BCUT2D eigenvalue weighted by Gasteiger charge is 2.36. The number of carbonyl (C=O) groups excluding carboxylic acids is 12. The quantitative estimate of drug-likeness (QED) is 0.0430. The fraction of sp³-hybridized carbons (Fsp3) is 0.838. The predicted molar refractivity (Wildman–Crippen MR) is 396 cm³/mol. The summed E-state index contributed by atoms with van der Waals surface area (Å²) in [6, 6.07) is 0. The number of hydrogen-bond donors (Lipinski definition) is 7. The molecule has 0 aromatic heterocycles. The maximum atomic E-state index is 15.0. The summed E-state index contributed by atoms with van der Waals surface area (Å²) in [4.78, 5) is 178. The van der Waals surface area contributed by atoms with E-state index in [0.717, 1.165) is 38.9 Å². The molecule has 596 valence electrons. The molecule has 6 unspecified atom stereocenters. The molecule has 0 saturated heterocycles. The van der Waals surface area contributed by atoms with Crippen LogP contribution < -0.4 is 37.2 Å². The number of carbonyl (C=O) groups is 12. The standard InChI is InChI=1S/C74H137N11O18/c1-15-16-21-78-74(97)62(54-70(93)76-24-28-84(11)32-30-82(7)8)49-65(88)48-61(73(96)80-25-29-85(12)33-31-83(9)10)51-67(90)59(52-68(91)75-22-17-19-55(2)3)46-64(87)47-60(72(95)79-23-18-20-56(4)5)50-66(89)58(53-69(92)77-26-34-100-40-42-102-38-36-98-13)45-63(86)44-57(6)71(94)81-27-35-101-41-43-103-39-37-99-14/h55-62H,15-54H2,1-14H3,(H,75,91)(H,76,93)(H,77,92)(H,78,97)(H,79,95)(H,80,96)(H,81,94). The molecular formula is C74H137N11O18. The van der Waals surface area contributed by atoms with Crippen molar-refractivity contribution in [2.45, 2.75) is 151 Å². The van der Waals surface area contributed by atoms with Crippen molar-refractivity contribution in [3.63, 3.8) is 0 Å². The van der Waals surface area contributed by atoms with E-state index in [1.54, 1.807) is 21.1 Å². The van der Waals surface area contributed by atoms with E-state index in [4.69, 9.17) is 28.4 Å². The van der Waals surface area contributed by atoms with Crippen LogP contribution in [-0.4, -0.2) is 298 Å². The van der Waals surface area contributed by atoms with E-state index < -0.39 is 164 Å². The zero-order valence-electron chi connectivity index (χ0n) is 65.5. The lowest BCUT2D eigenvalue weighted by molar-refractivity contribution is -0.138. The Kier molecular flexibility index (Phi) is 58.0. The molecule has 0 bridgehead atoms. The highest BCUT2D eigenvalue weighted by atomic mass is 16.5. The number of unbranched alkanes of at least 4 members (excludes halogenated alkanes) is 1. The summed E-state index contributed by atoms with van der Waals surface area (Å²) in [5.41, 5.74) is 0. The van der Waals surface area contributed by atoms with Gasteiger partial charge in [-0.1, -0.05) is 48.0 Å². The highest BCUT2D eigenvalue weighted by molar-refractivity contribution is 5.99. The molecule has 7 N–H and O–H groups in total. The van der Waals surface area contributed by atoms with Gasteiger partial charge in [0.15, 0.2) is 0 Å². The van der Waals surface area contributed by atoms with Crippen molar-refractivity contribution in [2.75, 3.05) is 208 Å². The van der Waals surface area contributed by atoms with Crippen LogP contribution in [0.15, 0.2) is 0 Å². The molecule has 0 aromatic carbocycles. The van der Waals surface area contributed by atoms with Gasteiger partial charge < -0.3 is 85.2 Å². The summed E-state index contributed by atoms with van der Waals surface area (Å²) in [6.07, 6.45) is -1.30. The van der Waals surface area contributed by atoms with E-state index in [9.17, 15) is 52.7 Å². The van der Waals surface area contributed by atoms with E-state index in [1.807, 2.05) is 91.6 Å². The van der Waals surface area contributed by atoms with Crippen LogP contribution in [0, 0.1) is 47.3 Å². The Morgan fingerprint density at radius 2 is 0.621 bits per heavy atom. The van der Waals surface area contributed by atoms with Crippen LogP contribution in [0.5, 0.6) is 0 Å². The summed E-state index contributed by atoms with van der Waals surface area (Å²) >= 11 is 0. The molecule has 0 heterocycles. The van der Waals surface area contributed by atoms with Gasteiger partial charge in [-0.25, -0.2) is 0 Å². The van der Waals surface area contributed by atoms with Gasteiger partial charge in [0, 0.05) is 188 Å². The first-order chi connectivity index (χ1) is 49.0. The topological polar surface area (TPSA) is 357 Å². The number of likely N-dealkylation sites (N-methyl/N-ethyl adjacent to an activating group) is 4. The third-order valence-corrected chi connectivity index (χ3v) is 17.1. The average molecular weight is 1470 g/mol. The van der Waals surface area contributed by atoms with Crippen LogP contribution in [-0.2, 0) is 86.0 Å². The summed E-state index contributed by atoms with van der Waals surface area (Å²) < 4.78 is 31.9. The number of nitrogens with one attached hydrogen (secondary N) is 7. The Bertz CT molecular complexity index is 2420. The Morgan fingerprint density at radius 3 is 1.03 bits per heavy atom. The summed E-state index contributed by atoms with van der Waals surface area (Å²) in [7, 11) is 14.7. The van der Waals surface area contributed by atoms with Crippen LogP contribution in [0.4, 0.5) is 0 Å². The number of hydrogen-bond acceptors (Lipinski definition) is 22. The molecule has 0 aromatic rings. The van der Waals surface area contributed by atoms with Crippen LogP contribution in [0.25, 0.3) is 0 Å². The molecule has 0 aliphatic heterocycles. The Hall–Kier alpha value is -5.76. The van der Waals surface area contributed by atoms with E-state index >= 15 is 4.79 Å². The molecule has 29 heteroatoms. The SMILES string of the molecule is CCCCNC(=O)C(CC(=O)CC(CC(=O)C(CC(=O)CC(CC(=O)C(CC(=O)CC(C)C(=O)NCCOCCOCCOC)CC(=O)NCCOCCOCCOC)C(=O)NCCCC(C)C)CC(=O)NCCCC(C)C)C(=O)NCCN(C)CCN(C)C)CC(=O)NCCN(C)CCN(C)C. The van der Waals surface area contributed by atoms with Crippen LogP contribution >= 0.6 is 0 Å². The maximum absolute atomic E-state index is 15.0.